The number of fused-ring (bicyclic) bond motifs is 2. The summed E-state index contributed by atoms with van der Waals surface area (Å²) >= 11 is 3.65. The van der Waals surface area contributed by atoms with Crippen LogP contribution in [0, 0.1) is 0 Å². The molecule has 2 heteroatoms. The molecule has 0 atom stereocenters. The summed E-state index contributed by atoms with van der Waals surface area (Å²) in [6, 6.07) is 12.8. The number of hydrogen-bond donors (Lipinski definition) is 0. The molecule has 0 fully saturated rings. The molecule has 18 heavy (non-hydrogen) atoms. The molecule has 2 aromatic rings. The van der Waals surface area contributed by atoms with Crippen molar-refractivity contribution < 1.29 is 0 Å². The fraction of sp³-hybridized carbons (Fsp3) is 0. The Bertz CT molecular complexity index is 642. The van der Waals surface area contributed by atoms with Gasteiger partial charge in [-0.25, -0.2) is 0 Å². The molecule has 0 amide bonds. The molecule has 0 unspecified atom stereocenters. The highest BCUT2D eigenvalue weighted by Gasteiger charge is 2.19. The van der Waals surface area contributed by atoms with Crippen LogP contribution in [0.2, 0.25) is 0 Å². The van der Waals surface area contributed by atoms with Gasteiger partial charge < -0.3 is 0 Å². The summed E-state index contributed by atoms with van der Waals surface area (Å²) in [5.74, 6) is 0. The molecule has 0 nitrogen and oxygen atoms in total. The van der Waals surface area contributed by atoms with E-state index >= 15 is 0 Å². The Kier molecular flexibility index (Phi) is 3.06. The van der Waals surface area contributed by atoms with Gasteiger partial charge in [-0.15, -0.1) is 0 Å². The van der Waals surface area contributed by atoms with Crippen LogP contribution in [0.5, 0.6) is 0 Å². The van der Waals surface area contributed by atoms with Crippen LogP contribution in [0.3, 0.4) is 0 Å². The zero-order valence-electron chi connectivity index (χ0n) is 9.85. The Morgan fingerprint density at radius 3 is 2.17 bits per heavy atom. The van der Waals surface area contributed by atoms with Gasteiger partial charge in [0.25, 0.3) is 0 Å². The molecule has 2 aromatic carbocycles. The third-order valence-electron chi connectivity index (χ3n) is 2.90. The topological polar surface area (TPSA) is 0 Å². The van der Waals surface area contributed by atoms with Gasteiger partial charge in [0, 0.05) is 19.6 Å². The summed E-state index contributed by atoms with van der Waals surface area (Å²) in [5.41, 5.74) is 2.34. The lowest BCUT2D eigenvalue weighted by Gasteiger charge is -2.21. The molecule has 0 spiro atoms. The minimum atomic E-state index is 1.15. The third kappa shape index (κ3) is 1.82. The Morgan fingerprint density at radius 1 is 0.778 bits per heavy atom. The van der Waals surface area contributed by atoms with Crippen molar-refractivity contribution in [3.8, 4) is 0 Å². The van der Waals surface area contributed by atoms with Crippen molar-refractivity contribution in [2.45, 2.75) is 19.6 Å². The minimum Gasteiger partial charge on any atom is -0.0984 e. The van der Waals surface area contributed by atoms with Crippen LogP contribution >= 0.6 is 23.5 Å². The maximum absolute atomic E-state index is 3.93. The quantitative estimate of drug-likeness (QED) is 0.594. The predicted molar refractivity (Wildman–Crippen MR) is 81.3 cm³/mol. The first kappa shape index (κ1) is 11.7. The van der Waals surface area contributed by atoms with E-state index in [-0.39, 0.29) is 0 Å². The van der Waals surface area contributed by atoms with E-state index in [0.29, 0.717) is 0 Å². The lowest BCUT2D eigenvalue weighted by molar-refractivity contribution is 1.14. The zero-order valence-corrected chi connectivity index (χ0v) is 11.5. The first-order valence-corrected chi connectivity index (χ1v) is 7.33. The molecule has 0 saturated carbocycles. The number of hydrogen-bond acceptors (Lipinski definition) is 2. The molecule has 1 aliphatic rings. The largest absolute Gasteiger partial charge is 0.0984 e. The Hall–Kier alpha value is -1.38. The highest BCUT2D eigenvalue weighted by molar-refractivity contribution is 8.05. The summed E-state index contributed by atoms with van der Waals surface area (Å²) in [6.07, 6.45) is 3.82. The van der Waals surface area contributed by atoms with Crippen LogP contribution in [0.4, 0.5) is 0 Å². The van der Waals surface area contributed by atoms with Crippen LogP contribution in [-0.2, 0) is 0 Å². The average Bonchev–Trinajstić information content (AvgIpc) is 2.43. The lowest BCUT2D eigenvalue weighted by Crippen LogP contribution is -1.94. The molecule has 0 aromatic heterocycles. The molecule has 0 bridgehead atoms. The molecule has 1 heterocycles. The van der Waals surface area contributed by atoms with Gasteiger partial charge in [-0.3, -0.25) is 0 Å². The van der Waals surface area contributed by atoms with Gasteiger partial charge in [0.15, 0.2) is 0 Å². The monoisotopic (exact) mass is 268 g/mol. The first-order valence-electron chi connectivity index (χ1n) is 5.70. The molecule has 0 aliphatic carbocycles. The van der Waals surface area contributed by atoms with Crippen molar-refractivity contribution in [2.75, 3.05) is 0 Å². The molecule has 0 radical (unpaired) electrons. The van der Waals surface area contributed by atoms with Gasteiger partial charge in [-0.05, 0) is 29.3 Å². The molecule has 0 saturated heterocycles. The van der Waals surface area contributed by atoms with Crippen LogP contribution < -0.4 is 0 Å². The Labute approximate surface area is 116 Å². The van der Waals surface area contributed by atoms with Gasteiger partial charge in [-0.2, -0.15) is 0 Å². The van der Waals surface area contributed by atoms with Crippen molar-refractivity contribution in [1.29, 1.82) is 0 Å². The summed E-state index contributed by atoms with van der Waals surface area (Å²) in [6.45, 7) is 7.80. The fourth-order valence-electron chi connectivity index (χ4n) is 2.02. The van der Waals surface area contributed by atoms with Gasteiger partial charge >= 0.3 is 0 Å². The van der Waals surface area contributed by atoms with Crippen LogP contribution in [0.1, 0.15) is 11.1 Å². The van der Waals surface area contributed by atoms with Crippen molar-refractivity contribution >= 4 is 35.7 Å². The number of benzene rings is 2. The van der Waals surface area contributed by atoms with Gasteiger partial charge in [-0.1, -0.05) is 67.0 Å². The van der Waals surface area contributed by atoms with E-state index in [0.717, 1.165) is 5.56 Å². The van der Waals surface area contributed by atoms with E-state index in [1.165, 1.54) is 25.1 Å². The molecule has 3 rings (SSSR count). The minimum absolute atomic E-state index is 1.15. The van der Waals surface area contributed by atoms with E-state index in [1.54, 1.807) is 0 Å². The van der Waals surface area contributed by atoms with Crippen molar-refractivity contribution in [3.63, 3.8) is 0 Å². The smallest absolute Gasteiger partial charge is 0.0340 e. The summed E-state index contributed by atoms with van der Waals surface area (Å²) in [7, 11) is 0. The number of rotatable bonds is 2. The molecular formula is C16H12S2. The van der Waals surface area contributed by atoms with Gasteiger partial charge in [0.1, 0.15) is 0 Å². The maximum atomic E-state index is 3.93. The second-order valence-electron chi connectivity index (χ2n) is 3.95. The standard InChI is InChI=1S/C16H12S2/c1-3-11-9-10-15-16(12(11)4-2)18-14-8-6-5-7-13(14)17-15/h3-10H,1-2H2. The van der Waals surface area contributed by atoms with Crippen molar-refractivity contribution in [3.05, 3.63) is 60.7 Å². The van der Waals surface area contributed by atoms with E-state index in [1.807, 2.05) is 35.7 Å². The van der Waals surface area contributed by atoms with Crippen molar-refractivity contribution in [2.24, 2.45) is 0 Å². The summed E-state index contributed by atoms with van der Waals surface area (Å²) < 4.78 is 0. The summed E-state index contributed by atoms with van der Waals surface area (Å²) in [5, 5.41) is 0. The van der Waals surface area contributed by atoms with E-state index in [4.69, 9.17) is 0 Å². The van der Waals surface area contributed by atoms with Crippen molar-refractivity contribution in [1.82, 2.24) is 0 Å². The second kappa shape index (κ2) is 4.71. The average molecular weight is 268 g/mol. The molecule has 0 N–H and O–H groups in total. The molecule has 88 valence electrons. The van der Waals surface area contributed by atoms with Crippen LogP contribution in [0.25, 0.3) is 12.2 Å². The maximum Gasteiger partial charge on any atom is 0.0340 e. The van der Waals surface area contributed by atoms with E-state index in [9.17, 15) is 0 Å². The lowest BCUT2D eigenvalue weighted by atomic mass is 10.1. The predicted octanol–water partition coefficient (Wildman–Crippen LogP) is 5.59. The fourth-order valence-corrected chi connectivity index (χ4v) is 4.42. The van der Waals surface area contributed by atoms with Crippen LogP contribution in [0.15, 0.2) is 69.1 Å². The van der Waals surface area contributed by atoms with Gasteiger partial charge in [0.05, 0.1) is 0 Å². The van der Waals surface area contributed by atoms with E-state index in [2.05, 4.69) is 49.6 Å². The summed E-state index contributed by atoms with van der Waals surface area (Å²) in [4.78, 5) is 5.25. The SMILES string of the molecule is C=Cc1ccc2c(c1C=C)Sc1ccccc1S2. The molecule has 1 aliphatic heterocycles. The molecular weight excluding hydrogens is 256 g/mol. The Morgan fingerprint density at radius 2 is 1.50 bits per heavy atom. The van der Waals surface area contributed by atoms with Crippen LogP contribution in [-0.4, -0.2) is 0 Å². The zero-order chi connectivity index (χ0) is 12.5. The highest BCUT2D eigenvalue weighted by Crippen LogP contribution is 2.50. The van der Waals surface area contributed by atoms with Gasteiger partial charge in [0.2, 0.25) is 0 Å². The third-order valence-corrected chi connectivity index (χ3v) is 5.51. The normalized spacial score (nSPS) is 12.4. The van der Waals surface area contributed by atoms with E-state index < -0.39 is 0 Å². The highest BCUT2D eigenvalue weighted by atomic mass is 32.2. The first-order chi connectivity index (χ1) is 8.83. The Balaban J connectivity index is 2.18. The second-order valence-corrected chi connectivity index (χ2v) is 6.09.